The number of aromatic nitrogens is 13. The van der Waals surface area contributed by atoms with Gasteiger partial charge in [0, 0.05) is 102 Å². The molecule has 0 spiro atoms. The second-order valence-electron chi connectivity index (χ2n) is 29.0. The average Bonchev–Trinajstić information content (AvgIpc) is 1.65. The number of carbonyl (C=O) groups is 1. The van der Waals surface area contributed by atoms with Crippen LogP contribution in [0.25, 0.3) is 96.4 Å². The summed E-state index contributed by atoms with van der Waals surface area (Å²) in [5.41, 5.74) is 30.7. The van der Waals surface area contributed by atoms with Crippen LogP contribution in [0.3, 0.4) is 0 Å². The van der Waals surface area contributed by atoms with Crippen molar-refractivity contribution in [1.29, 1.82) is 0 Å². The summed E-state index contributed by atoms with van der Waals surface area (Å²) in [6.45, 7) is 0. The van der Waals surface area contributed by atoms with E-state index < -0.39 is 0 Å². The molecule has 12 aromatic rings. The number of allylic oxidation sites excluding steroid dienone is 17. The number of thioether (sulfide) groups is 2. The van der Waals surface area contributed by atoms with E-state index >= 15 is 0 Å². The van der Waals surface area contributed by atoms with E-state index in [-0.39, 0.29) is 17.1 Å². The number of aromatic amines is 4. The summed E-state index contributed by atoms with van der Waals surface area (Å²) in [5, 5.41) is 24.5. The predicted octanol–water partition coefficient (Wildman–Crippen LogP) is 16.9. The van der Waals surface area contributed by atoms with Crippen LogP contribution in [0.4, 0.5) is 0 Å². The fraction of sp³-hybridized carbons (Fsp3) is 0.0526. The van der Waals surface area contributed by atoms with Crippen molar-refractivity contribution in [1.82, 2.24) is 60.1 Å². The Labute approximate surface area is 756 Å². The van der Waals surface area contributed by atoms with E-state index in [0.717, 1.165) is 212 Å². The van der Waals surface area contributed by atoms with Crippen LogP contribution in [0.2, 0.25) is 0 Å². The molecule has 125 heavy (non-hydrogen) atoms. The van der Waals surface area contributed by atoms with E-state index in [4.69, 9.17) is 44.9 Å². The Kier molecular flexibility index (Phi) is 23.3. The van der Waals surface area contributed by atoms with Crippen LogP contribution in [0.5, 0.6) is 0 Å². The molecular formula is C95H71MnN21OS7+5. The number of aliphatic imine (C=N–C) groups is 5. The van der Waals surface area contributed by atoms with Gasteiger partial charge in [-0.1, -0.05) is 93.9 Å². The molecule has 0 saturated carbocycles. The topological polar surface area (TPSA) is 263 Å². The number of fused-ring (bicyclic) bond motifs is 18. The van der Waals surface area contributed by atoms with Crippen molar-refractivity contribution in [3.63, 3.8) is 0 Å². The second-order valence-corrected chi connectivity index (χ2v) is 35.3. The molecule has 0 aromatic carbocycles. The average molecular weight is 1800 g/mol. The molecule has 0 radical (unpaired) electrons. The van der Waals surface area contributed by atoms with Crippen LogP contribution in [-0.2, 0) is 44.6 Å². The molecule has 6 N–H and O–H groups in total. The molecule has 12 aliphatic heterocycles. The molecule has 22 nitrogen and oxygen atoms in total. The summed E-state index contributed by atoms with van der Waals surface area (Å²) >= 11 is 11.4. The van der Waals surface area contributed by atoms with Gasteiger partial charge in [0.25, 0.3) is 15.0 Å². The Morgan fingerprint density at radius 3 is 1.58 bits per heavy atom. The number of rotatable bonds is 7. The van der Waals surface area contributed by atoms with Gasteiger partial charge in [-0.05, 0) is 163 Å². The van der Waals surface area contributed by atoms with Gasteiger partial charge in [0.1, 0.15) is 26.2 Å². The van der Waals surface area contributed by atoms with Crippen LogP contribution in [0.15, 0.2) is 338 Å². The van der Waals surface area contributed by atoms with E-state index in [2.05, 4.69) is 249 Å². The summed E-state index contributed by atoms with van der Waals surface area (Å²) in [5.74, 6) is 0. The first kappa shape index (κ1) is 80.9. The zero-order valence-corrected chi connectivity index (χ0v) is 73.9. The minimum Gasteiger partial charge on any atom is -0.657 e. The van der Waals surface area contributed by atoms with Crippen molar-refractivity contribution in [3.05, 3.63) is 385 Å². The fourth-order valence-electron chi connectivity index (χ4n) is 14.9. The number of H-pyrrole nitrogens is 4. The third-order valence-electron chi connectivity index (χ3n) is 20.6. The van der Waals surface area contributed by atoms with Crippen LogP contribution in [0, 0.1) is 0 Å². The van der Waals surface area contributed by atoms with Gasteiger partial charge in [-0.25, -0.2) is 49.9 Å². The van der Waals surface area contributed by atoms with Gasteiger partial charge in [0.15, 0.2) is 35.5 Å². The van der Waals surface area contributed by atoms with Crippen molar-refractivity contribution >= 4 is 196 Å². The number of nitrogens with one attached hydrogen (secondary N) is 6. The Bertz CT molecular complexity index is 7170. The van der Waals surface area contributed by atoms with Crippen molar-refractivity contribution in [2.24, 2.45) is 46.1 Å². The molecule has 24 heterocycles. The van der Waals surface area contributed by atoms with Gasteiger partial charge >= 0.3 is 17.1 Å². The molecule has 24 bridgehead atoms. The third kappa shape index (κ3) is 17.5. The van der Waals surface area contributed by atoms with Gasteiger partial charge in [0.05, 0.1) is 145 Å². The summed E-state index contributed by atoms with van der Waals surface area (Å²) < 4.78 is 6.38. The quantitative estimate of drug-likeness (QED) is 0.0496. The molecule has 606 valence electrons. The van der Waals surface area contributed by atoms with Crippen LogP contribution < -0.4 is 34.0 Å². The normalized spacial score (nSPS) is 17.3. The molecule has 0 fully saturated rings. The minimum absolute atomic E-state index is 0. The van der Waals surface area contributed by atoms with E-state index in [1.54, 1.807) is 80.4 Å². The third-order valence-corrected chi connectivity index (χ3v) is 26.8. The summed E-state index contributed by atoms with van der Waals surface area (Å²) in [6, 6.07) is 28.8. The first-order chi connectivity index (χ1) is 60.9. The van der Waals surface area contributed by atoms with Gasteiger partial charge in [-0.3, -0.25) is 4.79 Å². The van der Waals surface area contributed by atoms with Gasteiger partial charge < -0.3 is 40.1 Å². The molecular weight excluding hydrogens is 1730 g/mol. The van der Waals surface area contributed by atoms with Gasteiger partial charge in [0.2, 0.25) is 11.4 Å². The summed E-state index contributed by atoms with van der Waals surface area (Å²) in [7, 11) is 8.25. The molecule has 12 aromatic heterocycles. The SMILES string of the molecule is C1=CSC(=C2C3=NC(=CC4=NC(=C(c5nccs5)c5ccc([nH]5)C=C5C=CC2=N5)C=C4)C=C3)N1.CN1C=CSC1=C1C2=NC(=CC3=[NH+]C(=C(c4scc[n+]4C)C4=NC(=Cc5ccc1[nH]5)C=C4)C=C3)C=C2.C[n+]1ccsc1-c1c2nc(cc3ccc([n-]3)c(-c3scc[n+]3C)c3nc(cc4ccc1[n-]4)C=C3)C=C2.O=Cc1nccs1.[Mn+3].c1c[nH]c(Cc2ccc[nH]2)c1. The molecule has 0 atom stereocenters. The second kappa shape index (κ2) is 36.0. The molecule has 0 amide bonds. The number of nitrogens with zero attached hydrogens (tertiary/aromatic N) is 15. The standard InChI is InChI=1S/C28H21N6S2.C28H20N6S2.C26H16N6S2.C9H10N2.C4H3NOS.Mn/c2*1-33-11-13-35-27(33)25-21-7-3-17(29-21)15-19-5-9-23(31-19)26(28-34(2)12-14-36-28)24-10-6-20(32-24)16-18-4-8-22(25)30-18;1-5-19-23(25-27-9-11-33-25)20-7-3-17(31-20)14-18-4-8-22(32-18)24(26-28-10-12-34-26)21-6-2-16(30-21)13-15(1)29-19;1-3-8(10-5-1)7-9-4-2-6-11-9;6-3-4-5-1-2-7-4;/h3-16,29H,1-2H3;3-16H,1-2H3;1-14,27,30H;1-6,10-11H,7H2;1-3H;/q+1;;;;;+3/p+1. The molecule has 0 unspecified atom stereocenters. The van der Waals surface area contributed by atoms with Crippen LogP contribution in [0.1, 0.15) is 76.8 Å². The number of carbonyl (C=O) groups excluding carboxylic acids is 1. The Hall–Kier alpha value is -13.8. The fourth-order valence-corrected chi connectivity index (χ4v) is 20.4. The maximum absolute atomic E-state index is 9.82. The maximum atomic E-state index is 9.82. The van der Waals surface area contributed by atoms with E-state index in [0.29, 0.717) is 5.01 Å². The molecule has 12 aliphatic rings. The number of hydrogen-bond acceptors (Lipinski definition) is 19. The Balaban J connectivity index is 0.000000111. The van der Waals surface area contributed by atoms with Gasteiger partial charge in [-0.2, -0.15) is 13.7 Å². The number of thiazole rings is 5. The largest absolute Gasteiger partial charge is 3.00 e. The van der Waals surface area contributed by atoms with Crippen LogP contribution in [-0.4, -0.2) is 92.4 Å². The van der Waals surface area contributed by atoms with Crippen molar-refractivity contribution in [2.75, 3.05) is 7.05 Å². The van der Waals surface area contributed by atoms with Crippen LogP contribution >= 0.6 is 80.2 Å². The first-order valence-electron chi connectivity index (χ1n) is 39.3. The molecule has 24 rings (SSSR count). The van der Waals surface area contributed by atoms with Crippen molar-refractivity contribution in [3.8, 4) is 21.1 Å². The summed E-state index contributed by atoms with van der Waals surface area (Å²) in [6.07, 6.45) is 60.5. The number of hydrogen-bond donors (Lipinski definition) is 6. The summed E-state index contributed by atoms with van der Waals surface area (Å²) in [4.78, 5) is 81.9. The minimum atomic E-state index is 0. The van der Waals surface area contributed by atoms with E-state index in [1.807, 2.05) is 127 Å². The first-order valence-corrected chi connectivity index (χ1v) is 45.4. The maximum Gasteiger partial charge on any atom is 3.00 e. The van der Waals surface area contributed by atoms with Crippen molar-refractivity contribution < 1.29 is 40.6 Å². The van der Waals surface area contributed by atoms with E-state index in [1.165, 1.54) is 22.7 Å². The predicted molar refractivity (Wildman–Crippen MR) is 508 cm³/mol. The smallest absolute Gasteiger partial charge is 0.657 e. The van der Waals surface area contributed by atoms with E-state index in [9.17, 15) is 4.79 Å². The molecule has 0 aliphatic carbocycles. The van der Waals surface area contributed by atoms with Crippen molar-refractivity contribution in [2.45, 2.75) is 6.42 Å². The molecule has 0 saturated heterocycles. The Morgan fingerprint density at radius 2 is 1.06 bits per heavy atom. The Morgan fingerprint density at radius 1 is 0.504 bits per heavy atom. The molecule has 30 heteroatoms. The zero-order chi connectivity index (χ0) is 83.6. The number of aldehydes is 1. The monoisotopic (exact) mass is 1800 g/mol. The number of aryl methyl sites for hydroxylation is 3. The van der Waals surface area contributed by atoms with Gasteiger partial charge in [-0.15, -0.1) is 44.7 Å². The zero-order valence-electron chi connectivity index (χ0n) is 67.0.